The second-order valence-electron chi connectivity index (χ2n) is 4.33. The molecule has 0 heterocycles. The number of amides is 1. The van der Waals surface area contributed by atoms with Gasteiger partial charge < -0.3 is 10.2 Å². The molecule has 0 aliphatic rings. The van der Waals surface area contributed by atoms with Crippen molar-refractivity contribution in [2.75, 3.05) is 19.6 Å². The van der Waals surface area contributed by atoms with Crippen LogP contribution in [0.5, 0.6) is 0 Å². The van der Waals surface area contributed by atoms with Crippen molar-refractivity contribution < 1.29 is 13.6 Å². The van der Waals surface area contributed by atoms with Crippen LogP contribution >= 0.6 is 0 Å². The summed E-state index contributed by atoms with van der Waals surface area (Å²) in [5, 5.41) is 2.92. The van der Waals surface area contributed by atoms with Crippen molar-refractivity contribution in [3.63, 3.8) is 0 Å². The van der Waals surface area contributed by atoms with E-state index < -0.39 is 17.7 Å². The molecule has 0 saturated carbocycles. The highest BCUT2D eigenvalue weighted by Crippen LogP contribution is 2.17. The van der Waals surface area contributed by atoms with Crippen LogP contribution in [-0.4, -0.2) is 30.4 Å². The highest BCUT2D eigenvalue weighted by atomic mass is 19.1. The minimum Gasteiger partial charge on any atom is -0.342 e. The summed E-state index contributed by atoms with van der Waals surface area (Å²) in [6, 6.07) is 2.89. The molecule has 1 amide bonds. The molecule has 1 rings (SSSR count). The van der Waals surface area contributed by atoms with Gasteiger partial charge in [0, 0.05) is 24.7 Å². The van der Waals surface area contributed by atoms with Crippen molar-refractivity contribution in [3.8, 4) is 0 Å². The predicted octanol–water partition coefficient (Wildman–Crippen LogP) is 2.48. The van der Waals surface area contributed by atoms with Gasteiger partial charge in [-0.2, -0.15) is 0 Å². The summed E-state index contributed by atoms with van der Waals surface area (Å²) in [4.78, 5) is 13.5. The van der Waals surface area contributed by atoms with E-state index in [4.69, 9.17) is 0 Å². The third kappa shape index (κ3) is 4.28. The molecule has 5 heteroatoms. The molecule has 1 atom stereocenters. The van der Waals surface area contributed by atoms with Crippen molar-refractivity contribution in [3.05, 3.63) is 35.4 Å². The molecule has 3 nitrogen and oxygen atoms in total. The van der Waals surface area contributed by atoms with Gasteiger partial charge in [-0.1, -0.05) is 0 Å². The van der Waals surface area contributed by atoms with Gasteiger partial charge in [-0.15, -0.1) is 0 Å². The lowest BCUT2D eigenvalue weighted by atomic mass is 10.1. The van der Waals surface area contributed by atoms with Gasteiger partial charge in [0.1, 0.15) is 11.6 Å². The topological polar surface area (TPSA) is 32.3 Å². The normalized spacial score (nSPS) is 12.3. The second kappa shape index (κ2) is 7.19. The summed E-state index contributed by atoms with van der Waals surface area (Å²) in [5.41, 5.74) is 0.229. The van der Waals surface area contributed by atoms with Crippen molar-refractivity contribution in [2.45, 2.75) is 26.8 Å². The molecule has 0 bridgehead atoms. The Morgan fingerprint density at radius 2 is 1.95 bits per heavy atom. The number of benzene rings is 1. The Balaban J connectivity index is 2.62. The van der Waals surface area contributed by atoms with Crippen LogP contribution in [0.1, 0.15) is 32.4 Å². The number of nitrogens with one attached hydrogen (secondary N) is 1. The Kier molecular flexibility index (Phi) is 5.89. The lowest BCUT2D eigenvalue weighted by Gasteiger charge is -2.21. The maximum Gasteiger partial charge on any atom is 0.236 e. The van der Waals surface area contributed by atoms with E-state index in [1.807, 2.05) is 13.8 Å². The van der Waals surface area contributed by atoms with Crippen LogP contribution < -0.4 is 5.32 Å². The molecule has 19 heavy (non-hydrogen) atoms. The maximum absolute atomic E-state index is 13.5. The predicted molar refractivity (Wildman–Crippen MR) is 70.7 cm³/mol. The van der Waals surface area contributed by atoms with Crippen LogP contribution in [0.15, 0.2) is 18.2 Å². The maximum atomic E-state index is 13.5. The molecule has 1 unspecified atom stereocenters. The molecule has 1 aromatic rings. The van der Waals surface area contributed by atoms with Gasteiger partial charge in [-0.05, 0) is 39.0 Å². The minimum absolute atomic E-state index is 0.0475. The van der Waals surface area contributed by atoms with Crippen molar-refractivity contribution in [2.24, 2.45) is 0 Å². The number of halogens is 2. The molecule has 0 aliphatic heterocycles. The standard InChI is InChI=1S/C14H20F2N2O/c1-4-18(5-2)14(19)9-17-10(3)12-8-11(15)6-7-13(12)16/h6-8,10,17H,4-5,9H2,1-3H3. The monoisotopic (exact) mass is 270 g/mol. The minimum atomic E-state index is -0.486. The molecule has 0 radical (unpaired) electrons. The zero-order valence-electron chi connectivity index (χ0n) is 11.5. The molecule has 1 aromatic carbocycles. The van der Waals surface area contributed by atoms with Crippen LogP contribution in [0.3, 0.4) is 0 Å². The van der Waals surface area contributed by atoms with Gasteiger partial charge in [0.15, 0.2) is 0 Å². The SMILES string of the molecule is CCN(CC)C(=O)CNC(C)c1cc(F)ccc1F. The largest absolute Gasteiger partial charge is 0.342 e. The number of hydrogen-bond acceptors (Lipinski definition) is 2. The van der Waals surface area contributed by atoms with E-state index in [1.165, 1.54) is 0 Å². The van der Waals surface area contributed by atoms with Crippen LogP contribution in [0, 0.1) is 11.6 Å². The highest BCUT2D eigenvalue weighted by molar-refractivity contribution is 5.78. The van der Waals surface area contributed by atoms with E-state index in [-0.39, 0.29) is 18.0 Å². The summed E-state index contributed by atoms with van der Waals surface area (Å²) >= 11 is 0. The summed E-state index contributed by atoms with van der Waals surface area (Å²) in [6.45, 7) is 6.89. The second-order valence-corrected chi connectivity index (χ2v) is 4.33. The summed E-state index contributed by atoms with van der Waals surface area (Å²) < 4.78 is 26.6. The number of hydrogen-bond donors (Lipinski definition) is 1. The summed E-state index contributed by atoms with van der Waals surface area (Å²) in [5.74, 6) is -1.01. The Labute approximate surface area is 112 Å². The highest BCUT2D eigenvalue weighted by Gasteiger charge is 2.15. The quantitative estimate of drug-likeness (QED) is 0.861. The summed E-state index contributed by atoms with van der Waals surface area (Å²) in [6.07, 6.45) is 0. The van der Waals surface area contributed by atoms with Crippen molar-refractivity contribution >= 4 is 5.91 Å². The zero-order chi connectivity index (χ0) is 14.4. The van der Waals surface area contributed by atoms with Crippen molar-refractivity contribution in [1.29, 1.82) is 0 Å². The Hall–Kier alpha value is -1.49. The fourth-order valence-corrected chi connectivity index (χ4v) is 1.88. The molecular weight excluding hydrogens is 250 g/mol. The Morgan fingerprint density at radius 1 is 1.32 bits per heavy atom. The van der Waals surface area contributed by atoms with Gasteiger partial charge in [0.25, 0.3) is 0 Å². The smallest absolute Gasteiger partial charge is 0.236 e. The van der Waals surface area contributed by atoms with E-state index in [0.717, 1.165) is 18.2 Å². The van der Waals surface area contributed by atoms with Crippen LogP contribution in [0.2, 0.25) is 0 Å². The summed E-state index contributed by atoms with van der Waals surface area (Å²) in [7, 11) is 0. The lowest BCUT2D eigenvalue weighted by Crippen LogP contribution is -2.38. The first-order chi connectivity index (χ1) is 8.99. The van der Waals surface area contributed by atoms with E-state index >= 15 is 0 Å². The third-order valence-electron chi connectivity index (χ3n) is 3.10. The molecule has 0 fully saturated rings. The third-order valence-corrected chi connectivity index (χ3v) is 3.10. The average molecular weight is 270 g/mol. The van der Waals surface area contributed by atoms with E-state index in [1.54, 1.807) is 11.8 Å². The zero-order valence-corrected chi connectivity index (χ0v) is 11.5. The Morgan fingerprint density at radius 3 is 2.53 bits per heavy atom. The molecule has 0 spiro atoms. The van der Waals surface area contributed by atoms with Gasteiger partial charge in [0.2, 0.25) is 5.91 Å². The number of carbonyl (C=O) groups excluding carboxylic acids is 1. The molecule has 0 saturated heterocycles. The first-order valence-electron chi connectivity index (χ1n) is 6.45. The molecule has 0 aliphatic carbocycles. The molecule has 1 N–H and O–H groups in total. The fourth-order valence-electron chi connectivity index (χ4n) is 1.88. The average Bonchev–Trinajstić information content (AvgIpc) is 2.40. The number of likely N-dealkylation sites (N-methyl/N-ethyl adjacent to an activating group) is 1. The molecular formula is C14H20F2N2O. The fraction of sp³-hybridized carbons (Fsp3) is 0.500. The number of nitrogens with zero attached hydrogens (tertiary/aromatic N) is 1. The lowest BCUT2D eigenvalue weighted by molar-refractivity contribution is -0.129. The number of rotatable bonds is 6. The molecule has 0 aromatic heterocycles. The van der Waals surface area contributed by atoms with E-state index in [0.29, 0.717) is 13.1 Å². The van der Waals surface area contributed by atoms with Crippen LogP contribution in [0.25, 0.3) is 0 Å². The number of carbonyl (C=O) groups is 1. The van der Waals surface area contributed by atoms with Gasteiger partial charge in [-0.25, -0.2) is 8.78 Å². The first kappa shape index (κ1) is 15.6. The molecule has 106 valence electrons. The van der Waals surface area contributed by atoms with Gasteiger partial charge in [-0.3, -0.25) is 4.79 Å². The Bertz CT molecular complexity index is 433. The van der Waals surface area contributed by atoms with Gasteiger partial charge >= 0.3 is 0 Å². The van der Waals surface area contributed by atoms with Crippen LogP contribution in [0.4, 0.5) is 8.78 Å². The first-order valence-corrected chi connectivity index (χ1v) is 6.45. The van der Waals surface area contributed by atoms with Gasteiger partial charge in [0.05, 0.1) is 6.54 Å². The van der Waals surface area contributed by atoms with E-state index in [9.17, 15) is 13.6 Å². The van der Waals surface area contributed by atoms with Crippen molar-refractivity contribution in [1.82, 2.24) is 10.2 Å². The van der Waals surface area contributed by atoms with E-state index in [2.05, 4.69) is 5.32 Å². The van der Waals surface area contributed by atoms with Crippen LogP contribution in [-0.2, 0) is 4.79 Å².